The van der Waals surface area contributed by atoms with Crippen molar-refractivity contribution in [3.05, 3.63) is 65.0 Å². The third kappa shape index (κ3) is 3.48. The second kappa shape index (κ2) is 8.08. The number of ether oxygens (including phenoxy) is 3. The summed E-state index contributed by atoms with van der Waals surface area (Å²) in [6.45, 7) is 0. The topological polar surface area (TPSA) is 102 Å². The summed E-state index contributed by atoms with van der Waals surface area (Å²) < 4.78 is 22.9. The van der Waals surface area contributed by atoms with Gasteiger partial charge in [0.2, 0.25) is 17.0 Å². The Kier molecular flexibility index (Phi) is 5.17. The molecular weight excluding hydrogens is 388 g/mol. The first kappa shape index (κ1) is 19.2. The molecule has 0 N–H and O–H groups in total. The molecule has 2 aromatic carbocycles. The molecule has 2 heterocycles. The van der Waals surface area contributed by atoms with E-state index in [0.29, 0.717) is 22.8 Å². The molecule has 0 aliphatic heterocycles. The number of aromatic nitrogens is 4. The van der Waals surface area contributed by atoms with Crippen LogP contribution >= 0.6 is 0 Å². The van der Waals surface area contributed by atoms with Gasteiger partial charge in [-0.05, 0) is 24.3 Å². The van der Waals surface area contributed by atoms with E-state index < -0.39 is 0 Å². The van der Waals surface area contributed by atoms with E-state index in [9.17, 15) is 4.79 Å². The number of hydrogen-bond donors (Lipinski definition) is 0. The van der Waals surface area contributed by atoms with Crippen molar-refractivity contribution >= 4 is 0 Å². The van der Waals surface area contributed by atoms with Crippen molar-refractivity contribution in [3.63, 3.8) is 0 Å². The van der Waals surface area contributed by atoms with Crippen molar-refractivity contribution < 1.29 is 18.7 Å². The van der Waals surface area contributed by atoms with Gasteiger partial charge < -0.3 is 18.7 Å². The van der Waals surface area contributed by atoms with Gasteiger partial charge in [0.15, 0.2) is 17.2 Å². The monoisotopic (exact) mass is 406 g/mol. The maximum absolute atomic E-state index is 12.4. The number of methoxy groups -OCH3 is 3. The lowest BCUT2D eigenvalue weighted by atomic mass is 10.1. The molecule has 0 bridgehead atoms. The van der Waals surface area contributed by atoms with E-state index in [4.69, 9.17) is 18.7 Å². The van der Waals surface area contributed by atoms with Gasteiger partial charge in [0, 0.05) is 17.8 Å². The van der Waals surface area contributed by atoms with Gasteiger partial charge in [-0.2, -0.15) is 10.1 Å². The summed E-state index contributed by atoms with van der Waals surface area (Å²) >= 11 is 0. The van der Waals surface area contributed by atoms with Crippen molar-refractivity contribution in [2.75, 3.05) is 21.3 Å². The molecular formula is C21H18N4O5. The molecule has 0 amide bonds. The number of benzene rings is 2. The normalized spacial score (nSPS) is 10.6. The highest BCUT2D eigenvalue weighted by molar-refractivity contribution is 5.67. The molecule has 0 fully saturated rings. The molecule has 0 spiro atoms. The fourth-order valence-corrected chi connectivity index (χ4v) is 2.93. The van der Waals surface area contributed by atoms with Gasteiger partial charge in [0.25, 0.3) is 5.89 Å². The molecule has 152 valence electrons. The van der Waals surface area contributed by atoms with Crippen molar-refractivity contribution in [1.82, 2.24) is 19.9 Å². The van der Waals surface area contributed by atoms with Crippen LogP contribution in [0.3, 0.4) is 0 Å². The van der Waals surface area contributed by atoms with Crippen LogP contribution in [0.5, 0.6) is 17.2 Å². The average Bonchev–Trinajstić information content (AvgIpc) is 3.29. The van der Waals surface area contributed by atoms with Gasteiger partial charge >= 0.3 is 0 Å². The molecule has 0 radical (unpaired) electrons. The molecule has 9 nitrogen and oxygen atoms in total. The highest BCUT2D eigenvalue weighted by Crippen LogP contribution is 2.40. The van der Waals surface area contributed by atoms with Crippen LogP contribution in [-0.2, 0) is 0 Å². The van der Waals surface area contributed by atoms with Gasteiger partial charge in [-0.25, -0.2) is 4.68 Å². The third-order valence-corrected chi connectivity index (χ3v) is 4.38. The van der Waals surface area contributed by atoms with Gasteiger partial charge in [0.05, 0.1) is 27.0 Å². The van der Waals surface area contributed by atoms with Crippen LogP contribution in [0.25, 0.3) is 28.7 Å². The molecule has 0 aliphatic carbocycles. The fraction of sp³-hybridized carbons (Fsp3) is 0.143. The van der Waals surface area contributed by atoms with Crippen LogP contribution in [0.4, 0.5) is 0 Å². The van der Waals surface area contributed by atoms with Crippen molar-refractivity contribution in [3.8, 4) is 45.9 Å². The summed E-state index contributed by atoms with van der Waals surface area (Å²) in [6, 6.07) is 14.2. The number of hydrogen-bond acceptors (Lipinski definition) is 8. The predicted octanol–water partition coefficient (Wildman–Crippen LogP) is 2.98. The van der Waals surface area contributed by atoms with Gasteiger partial charge in [-0.3, -0.25) is 4.79 Å². The Morgan fingerprint density at radius 1 is 0.933 bits per heavy atom. The number of para-hydroxylation sites is 1. The van der Waals surface area contributed by atoms with E-state index in [1.807, 2.05) is 30.3 Å². The Bertz CT molecular complexity index is 1210. The zero-order valence-electron chi connectivity index (χ0n) is 16.5. The van der Waals surface area contributed by atoms with Crippen LogP contribution in [0.15, 0.2) is 64.0 Å². The lowest BCUT2D eigenvalue weighted by molar-refractivity contribution is 0.324. The molecule has 4 aromatic rings. The van der Waals surface area contributed by atoms with Crippen LogP contribution < -0.4 is 19.6 Å². The van der Waals surface area contributed by atoms with E-state index in [2.05, 4.69) is 15.2 Å². The largest absolute Gasteiger partial charge is 0.493 e. The zero-order chi connectivity index (χ0) is 21.1. The molecule has 0 saturated heterocycles. The molecule has 0 atom stereocenters. The molecule has 0 aliphatic rings. The molecule has 0 saturated carbocycles. The molecule has 4 rings (SSSR count). The quantitative estimate of drug-likeness (QED) is 0.482. The summed E-state index contributed by atoms with van der Waals surface area (Å²) in [5, 5.41) is 8.34. The summed E-state index contributed by atoms with van der Waals surface area (Å²) in [4.78, 5) is 16.7. The van der Waals surface area contributed by atoms with E-state index in [0.717, 1.165) is 5.69 Å². The first-order valence-electron chi connectivity index (χ1n) is 8.94. The van der Waals surface area contributed by atoms with E-state index in [-0.39, 0.29) is 22.8 Å². The average molecular weight is 406 g/mol. The molecule has 2 aromatic heterocycles. The summed E-state index contributed by atoms with van der Waals surface area (Å²) in [7, 11) is 4.55. The van der Waals surface area contributed by atoms with E-state index in [1.54, 1.807) is 23.0 Å². The minimum atomic E-state index is -0.331. The summed E-state index contributed by atoms with van der Waals surface area (Å²) in [5.74, 6) is 1.60. The number of nitrogens with zero attached hydrogens (tertiary/aromatic N) is 4. The molecule has 30 heavy (non-hydrogen) atoms. The summed E-state index contributed by atoms with van der Waals surface area (Å²) in [6.07, 6.45) is 1.58. The Morgan fingerprint density at radius 2 is 1.63 bits per heavy atom. The van der Waals surface area contributed by atoms with Crippen LogP contribution in [-0.4, -0.2) is 41.3 Å². The van der Waals surface area contributed by atoms with Crippen LogP contribution in [0, 0.1) is 0 Å². The molecule has 0 unspecified atom stereocenters. The predicted molar refractivity (Wildman–Crippen MR) is 108 cm³/mol. The summed E-state index contributed by atoms with van der Waals surface area (Å²) in [5.41, 5.74) is 1.08. The lowest BCUT2D eigenvalue weighted by Crippen LogP contribution is -2.12. The zero-order valence-corrected chi connectivity index (χ0v) is 16.5. The Balaban J connectivity index is 1.76. The minimum absolute atomic E-state index is 0.00836. The van der Waals surface area contributed by atoms with Crippen molar-refractivity contribution in [1.29, 1.82) is 0 Å². The smallest absolute Gasteiger partial charge is 0.282 e. The standard InChI is InChI=1S/C21H18N4O5/c1-27-16-11-13(12-17(28-2)19(16)29-3)20-22-21(30-24-20)18-15(26)9-10-25(23-18)14-7-5-4-6-8-14/h4-12H,1-3H3. The number of rotatable bonds is 6. The second-order valence-electron chi connectivity index (χ2n) is 6.15. The maximum Gasteiger partial charge on any atom is 0.282 e. The van der Waals surface area contributed by atoms with E-state index in [1.165, 1.54) is 27.4 Å². The van der Waals surface area contributed by atoms with Gasteiger partial charge in [0.1, 0.15) is 0 Å². The first-order chi connectivity index (χ1) is 14.6. The van der Waals surface area contributed by atoms with Gasteiger partial charge in [-0.1, -0.05) is 23.4 Å². The van der Waals surface area contributed by atoms with Crippen LogP contribution in [0.2, 0.25) is 0 Å². The van der Waals surface area contributed by atoms with Crippen LogP contribution in [0.1, 0.15) is 0 Å². The fourth-order valence-electron chi connectivity index (χ4n) is 2.93. The minimum Gasteiger partial charge on any atom is -0.493 e. The van der Waals surface area contributed by atoms with Crippen molar-refractivity contribution in [2.24, 2.45) is 0 Å². The third-order valence-electron chi connectivity index (χ3n) is 4.38. The van der Waals surface area contributed by atoms with Gasteiger partial charge in [-0.15, -0.1) is 0 Å². The SMILES string of the molecule is COc1cc(-c2noc(-c3nn(-c4ccccc4)ccc3=O)n2)cc(OC)c1OC. The maximum atomic E-state index is 12.4. The Morgan fingerprint density at radius 3 is 2.27 bits per heavy atom. The Hall–Kier alpha value is -4.14. The Labute approximate surface area is 171 Å². The highest BCUT2D eigenvalue weighted by Gasteiger charge is 2.20. The lowest BCUT2D eigenvalue weighted by Gasteiger charge is -2.12. The second-order valence-corrected chi connectivity index (χ2v) is 6.15. The van der Waals surface area contributed by atoms with Crippen molar-refractivity contribution in [2.45, 2.75) is 0 Å². The van der Waals surface area contributed by atoms with E-state index >= 15 is 0 Å². The molecule has 9 heteroatoms. The highest BCUT2D eigenvalue weighted by atomic mass is 16.5. The first-order valence-corrected chi connectivity index (χ1v) is 8.94.